The second-order valence-corrected chi connectivity index (χ2v) is 10.3. The molecule has 2 aromatic carbocycles. The molecular weight excluding hydrogens is 498 g/mol. The summed E-state index contributed by atoms with van der Waals surface area (Å²) in [5, 5.41) is 11.9. The molecule has 202 valence electrons. The fraction of sp³-hybridized carbons (Fsp3) is 0.414. The summed E-state index contributed by atoms with van der Waals surface area (Å²) in [4.78, 5) is 18.5. The molecule has 1 aromatic heterocycles. The Morgan fingerprint density at radius 3 is 2.55 bits per heavy atom. The molecule has 0 bridgehead atoms. The van der Waals surface area contributed by atoms with Crippen molar-refractivity contribution in [2.45, 2.75) is 65.1 Å². The summed E-state index contributed by atoms with van der Waals surface area (Å²) in [5.74, 6) is 2.67. The first-order valence-corrected chi connectivity index (χ1v) is 14.3. The van der Waals surface area contributed by atoms with Crippen LogP contribution in [0.25, 0.3) is 0 Å². The molecule has 0 saturated heterocycles. The maximum Gasteiger partial charge on any atom is 0.255 e. The minimum atomic E-state index is -0.496. The molecular formula is C29H37N5O3S. The summed E-state index contributed by atoms with van der Waals surface area (Å²) >= 11 is 1.60. The molecule has 1 aliphatic heterocycles. The Balaban J connectivity index is 1.76. The molecule has 0 fully saturated rings. The number of rotatable bonds is 12. The highest BCUT2D eigenvalue weighted by atomic mass is 32.2. The van der Waals surface area contributed by atoms with Gasteiger partial charge in [-0.25, -0.2) is 4.68 Å². The van der Waals surface area contributed by atoms with Gasteiger partial charge in [-0.1, -0.05) is 55.8 Å². The number of hydrogen-bond donors (Lipinski definition) is 2. The van der Waals surface area contributed by atoms with Gasteiger partial charge in [-0.15, -0.1) is 5.10 Å². The molecule has 8 nitrogen and oxygen atoms in total. The molecule has 0 aliphatic carbocycles. The number of nitrogens with one attached hydrogen (secondary N) is 2. The number of unbranched alkanes of at least 4 members (excludes halogenated alkanes) is 1. The first-order chi connectivity index (χ1) is 18.4. The van der Waals surface area contributed by atoms with Gasteiger partial charge in [-0.3, -0.25) is 4.79 Å². The van der Waals surface area contributed by atoms with Crippen LogP contribution in [0.5, 0.6) is 11.5 Å². The number of nitrogens with zero attached hydrogens (tertiary/aromatic N) is 3. The fourth-order valence-electron chi connectivity index (χ4n) is 4.23. The van der Waals surface area contributed by atoms with Gasteiger partial charge in [0.25, 0.3) is 5.91 Å². The zero-order chi connectivity index (χ0) is 27.1. The SMILES string of the molecule is CCCCOc1ccc(C2C(C(=O)Nc3ccc(C)cc3)=C(C)Nc3nc(SCCC)nn32)cc1OCC. The Labute approximate surface area is 229 Å². The van der Waals surface area contributed by atoms with Gasteiger partial charge in [0.15, 0.2) is 11.5 Å². The van der Waals surface area contributed by atoms with Crippen molar-refractivity contribution in [3.63, 3.8) is 0 Å². The van der Waals surface area contributed by atoms with Crippen molar-refractivity contribution in [1.82, 2.24) is 14.8 Å². The number of ether oxygens (including phenoxy) is 2. The number of carbonyl (C=O) groups excluding carboxylic acids is 1. The van der Waals surface area contributed by atoms with Gasteiger partial charge in [-0.05, 0) is 63.4 Å². The van der Waals surface area contributed by atoms with Crippen LogP contribution in [-0.2, 0) is 4.79 Å². The molecule has 0 saturated carbocycles. The smallest absolute Gasteiger partial charge is 0.255 e. The summed E-state index contributed by atoms with van der Waals surface area (Å²) in [6.45, 7) is 11.3. The number of amides is 1. The number of anilines is 2. The zero-order valence-corrected chi connectivity index (χ0v) is 23.7. The molecule has 0 radical (unpaired) electrons. The van der Waals surface area contributed by atoms with E-state index in [4.69, 9.17) is 19.6 Å². The molecule has 1 aliphatic rings. The van der Waals surface area contributed by atoms with Crippen LogP contribution < -0.4 is 20.1 Å². The molecule has 3 aromatic rings. The lowest BCUT2D eigenvalue weighted by Gasteiger charge is -2.29. The van der Waals surface area contributed by atoms with E-state index in [1.807, 2.05) is 63.2 Å². The second kappa shape index (κ2) is 12.9. The van der Waals surface area contributed by atoms with Crippen LogP contribution in [0.15, 0.2) is 58.9 Å². The van der Waals surface area contributed by atoms with Crippen molar-refractivity contribution in [3.05, 3.63) is 64.9 Å². The van der Waals surface area contributed by atoms with Gasteiger partial charge >= 0.3 is 0 Å². The highest BCUT2D eigenvalue weighted by molar-refractivity contribution is 7.99. The van der Waals surface area contributed by atoms with Crippen LogP contribution in [0.1, 0.15) is 64.1 Å². The topological polar surface area (TPSA) is 90.3 Å². The van der Waals surface area contributed by atoms with Crippen LogP contribution in [0.2, 0.25) is 0 Å². The minimum Gasteiger partial charge on any atom is -0.490 e. The summed E-state index contributed by atoms with van der Waals surface area (Å²) in [7, 11) is 0. The largest absolute Gasteiger partial charge is 0.490 e. The molecule has 38 heavy (non-hydrogen) atoms. The van der Waals surface area contributed by atoms with E-state index in [1.165, 1.54) is 0 Å². The van der Waals surface area contributed by atoms with E-state index in [2.05, 4.69) is 24.5 Å². The molecule has 1 unspecified atom stereocenters. The van der Waals surface area contributed by atoms with Crippen LogP contribution in [0.4, 0.5) is 11.6 Å². The van der Waals surface area contributed by atoms with Crippen molar-refractivity contribution in [3.8, 4) is 11.5 Å². The van der Waals surface area contributed by atoms with Crippen LogP contribution in [0.3, 0.4) is 0 Å². The minimum absolute atomic E-state index is 0.200. The van der Waals surface area contributed by atoms with E-state index in [1.54, 1.807) is 16.4 Å². The number of thioether (sulfide) groups is 1. The summed E-state index contributed by atoms with van der Waals surface area (Å²) in [6.07, 6.45) is 3.03. The Kier molecular flexibility index (Phi) is 9.33. The number of fused-ring (bicyclic) bond motifs is 1. The predicted molar refractivity (Wildman–Crippen MR) is 153 cm³/mol. The van der Waals surface area contributed by atoms with Crippen LogP contribution in [-0.4, -0.2) is 39.6 Å². The van der Waals surface area contributed by atoms with Crippen molar-refractivity contribution >= 4 is 29.3 Å². The average molecular weight is 536 g/mol. The van der Waals surface area contributed by atoms with E-state index in [0.29, 0.717) is 41.4 Å². The fourth-order valence-corrected chi connectivity index (χ4v) is 4.92. The van der Waals surface area contributed by atoms with Crippen molar-refractivity contribution in [1.29, 1.82) is 0 Å². The molecule has 9 heteroatoms. The highest BCUT2D eigenvalue weighted by Gasteiger charge is 2.35. The Morgan fingerprint density at radius 1 is 1.05 bits per heavy atom. The number of benzene rings is 2. The molecule has 1 amide bonds. The summed E-state index contributed by atoms with van der Waals surface area (Å²) < 4.78 is 13.8. The molecule has 2 heterocycles. The molecule has 0 spiro atoms. The number of aryl methyl sites for hydroxylation is 1. The second-order valence-electron chi connectivity index (χ2n) is 9.24. The van der Waals surface area contributed by atoms with E-state index < -0.39 is 6.04 Å². The third kappa shape index (κ3) is 6.32. The van der Waals surface area contributed by atoms with Gasteiger partial charge in [-0.2, -0.15) is 4.98 Å². The number of carbonyl (C=O) groups is 1. The van der Waals surface area contributed by atoms with Crippen LogP contribution in [0, 0.1) is 6.92 Å². The van der Waals surface area contributed by atoms with Crippen molar-refractivity contribution in [2.75, 3.05) is 29.6 Å². The lowest BCUT2D eigenvalue weighted by molar-refractivity contribution is -0.113. The summed E-state index contributed by atoms with van der Waals surface area (Å²) in [5.41, 5.74) is 4.02. The lowest BCUT2D eigenvalue weighted by atomic mass is 9.94. The quantitative estimate of drug-likeness (QED) is 0.200. The predicted octanol–water partition coefficient (Wildman–Crippen LogP) is 6.59. The van der Waals surface area contributed by atoms with Gasteiger partial charge in [0.05, 0.1) is 18.8 Å². The first kappa shape index (κ1) is 27.6. The summed E-state index contributed by atoms with van der Waals surface area (Å²) in [6, 6.07) is 13.1. The van der Waals surface area contributed by atoms with Crippen molar-refractivity contribution in [2.24, 2.45) is 0 Å². The van der Waals surface area contributed by atoms with E-state index in [0.717, 1.165) is 47.5 Å². The molecule has 4 rings (SSSR count). The third-order valence-corrected chi connectivity index (χ3v) is 7.20. The number of hydrogen-bond acceptors (Lipinski definition) is 7. The normalized spacial score (nSPS) is 14.6. The number of aromatic nitrogens is 3. The van der Waals surface area contributed by atoms with Gasteiger partial charge < -0.3 is 20.1 Å². The van der Waals surface area contributed by atoms with E-state index in [9.17, 15) is 4.79 Å². The Hall–Kier alpha value is -3.46. The third-order valence-electron chi connectivity index (χ3n) is 6.16. The lowest BCUT2D eigenvalue weighted by Crippen LogP contribution is -2.31. The van der Waals surface area contributed by atoms with Gasteiger partial charge in [0, 0.05) is 17.1 Å². The monoisotopic (exact) mass is 535 g/mol. The maximum atomic E-state index is 13.8. The Morgan fingerprint density at radius 2 is 1.84 bits per heavy atom. The average Bonchev–Trinajstić information content (AvgIpc) is 3.31. The zero-order valence-electron chi connectivity index (χ0n) is 22.8. The highest BCUT2D eigenvalue weighted by Crippen LogP contribution is 2.40. The Bertz CT molecular complexity index is 1290. The van der Waals surface area contributed by atoms with Gasteiger partial charge in [0.2, 0.25) is 11.1 Å². The first-order valence-electron chi connectivity index (χ1n) is 13.3. The van der Waals surface area contributed by atoms with Gasteiger partial charge in [0.1, 0.15) is 6.04 Å². The number of allylic oxidation sites excluding steroid dienone is 1. The van der Waals surface area contributed by atoms with E-state index in [-0.39, 0.29) is 5.91 Å². The molecule has 2 N–H and O–H groups in total. The van der Waals surface area contributed by atoms with Crippen molar-refractivity contribution < 1.29 is 14.3 Å². The molecule has 1 atom stereocenters. The standard InChI is InChI=1S/C29H37N5O3S/c1-6-9-16-37-23-15-12-21(18-24(23)36-8-3)26-25(27(35)31-22-13-10-19(4)11-14-22)20(5)30-28-32-29(33-34(26)28)38-17-7-2/h10-15,18,26H,6-9,16-17H2,1-5H3,(H,31,35)(H,30,32,33). The maximum absolute atomic E-state index is 13.8. The van der Waals surface area contributed by atoms with Crippen LogP contribution >= 0.6 is 11.8 Å². The van der Waals surface area contributed by atoms with E-state index >= 15 is 0 Å².